The summed E-state index contributed by atoms with van der Waals surface area (Å²) in [6.07, 6.45) is 3.42. The van der Waals surface area contributed by atoms with Crippen molar-refractivity contribution in [1.82, 2.24) is 4.90 Å². The van der Waals surface area contributed by atoms with Crippen molar-refractivity contribution in [3.8, 4) is 6.07 Å². The molecule has 1 saturated heterocycles. The van der Waals surface area contributed by atoms with Gasteiger partial charge in [0, 0.05) is 23.6 Å². The number of hydrogen-bond donors (Lipinski definition) is 0. The Bertz CT molecular complexity index is 278. The Morgan fingerprint density at radius 2 is 2.06 bits per heavy atom. The number of thioether (sulfide) groups is 1. The van der Waals surface area contributed by atoms with Gasteiger partial charge in [-0.2, -0.15) is 17.0 Å². The molecule has 1 aliphatic heterocycles. The Kier molecular flexibility index (Phi) is 5.34. The normalized spacial score (nSPS) is 21.1. The first-order chi connectivity index (χ1) is 7.85. The van der Waals surface area contributed by atoms with Crippen molar-refractivity contribution >= 4 is 11.8 Å². The molecule has 17 heavy (non-hydrogen) atoms. The molecule has 0 atom stereocenters. The highest BCUT2D eigenvalue weighted by molar-refractivity contribution is 8.00. The monoisotopic (exact) mass is 254 g/mol. The van der Waals surface area contributed by atoms with E-state index in [0.29, 0.717) is 4.75 Å². The fourth-order valence-electron chi connectivity index (χ4n) is 2.26. The number of nitrogens with zero attached hydrogens (tertiary/aromatic N) is 2. The van der Waals surface area contributed by atoms with Crippen molar-refractivity contribution in [2.75, 3.05) is 25.4 Å². The zero-order valence-electron chi connectivity index (χ0n) is 11.8. The van der Waals surface area contributed by atoms with E-state index in [0.717, 1.165) is 6.42 Å². The van der Waals surface area contributed by atoms with Gasteiger partial charge in [0.05, 0.1) is 11.5 Å². The molecule has 0 unspecified atom stereocenters. The van der Waals surface area contributed by atoms with Gasteiger partial charge in [-0.1, -0.05) is 6.42 Å². The fourth-order valence-corrected chi connectivity index (χ4v) is 3.44. The third-order valence-corrected chi connectivity index (χ3v) is 4.63. The predicted octanol–water partition coefficient (Wildman–Crippen LogP) is 3.53. The molecule has 0 bridgehead atoms. The molecule has 0 aromatic rings. The van der Waals surface area contributed by atoms with Crippen LogP contribution in [0.5, 0.6) is 0 Å². The third kappa shape index (κ3) is 5.79. The largest absolute Gasteiger partial charge is 0.301 e. The zero-order valence-corrected chi connectivity index (χ0v) is 12.6. The van der Waals surface area contributed by atoms with Crippen LogP contribution in [0.25, 0.3) is 0 Å². The van der Waals surface area contributed by atoms with Crippen LogP contribution in [0.2, 0.25) is 0 Å². The van der Waals surface area contributed by atoms with Crippen LogP contribution in [0.1, 0.15) is 47.0 Å². The van der Waals surface area contributed by atoms with Gasteiger partial charge >= 0.3 is 0 Å². The van der Waals surface area contributed by atoms with E-state index in [-0.39, 0.29) is 5.41 Å². The van der Waals surface area contributed by atoms with Crippen LogP contribution < -0.4 is 0 Å². The lowest BCUT2D eigenvalue weighted by Gasteiger charge is -2.37. The third-order valence-electron chi connectivity index (χ3n) is 3.33. The average molecular weight is 254 g/mol. The molecular weight excluding hydrogens is 228 g/mol. The highest BCUT2D eigenvalue weighted by Crippen LogP contribution is 2.29. The van der Waals surface area contributed by atoms with Crippen LogP contribution in [0, 0.1) is 16.7 Å². The fraction of sp³-hybridized carbons (Fsp3) is 0.929. The Labute approximate surface area is 111 Å². The SMILES string of the molecule is CC(C)(C#N)CCCCN1CCSC(C)(C)C1. The van der Waals surface area contributed by atoms with Crippen molar-refractivity contribution in [3.05, 3.63) is 0 Å². The van der Waals surface area contributed by atoms with Gasteiger partial charge < -0.3 is 4.90 Å². The molecule has 98 valence electrons. The van der Waals surface area contributed by atoms with E-state index in [1.165, 1.54) is 38.2 Å². The maximum Gasteiger partial charge on any atom is 0.0683 e. The van der Waals surface area contributed by atoms with E-state index < -0.39 is 0 Å². The lowest BCUT2D eigenvalue weighted by molar-refractivity contribution is 0.250. The molecule has 1 heterocycles. The first-order valence-corrected chi connectivity index (χ1v) is 7.61. The van der Waals surface area contributed by atoms with Gasteiger partial charge in [0.25, 0.3) is 0 Å². The molecule has 0 aromatic heterocycles. The maximum absolute atomic E-state index is 8.95. The summed E-state index contributed by atoms with van der Waals surface area (Å²) in [7, 11) is 0. The first kappa shape index (κ1) is 14.9. The quantitative estimate of drug-likeness (QED) is 0.702. The molecule has 1 aliphatic rings. The number of rotatable bonds is 5. The minimum atomic E-state index is -0.142. The molecule has 0 aromatic carbocycles. The van der Waals surface area contributed by atoms with Crippen LogP contribution in [0.4, 0.5) is 0 Å². The van der Waals surface area contributed by atoms with E-state index in [1.807, 2.05) is 13.8 Å². The van der Waals surface area contributed by atoms with E-state index in [1.54, 1.807) is 0 Å². The lowest BCUT2D eigenvalue weighted by atomic mass is 9.89. The highest BCUT2D eigenvalue weighted by Gasteiger charge is 2.26. The molecule has 1 fully saturated rings. The lowest BCUT2D eigenvalue weighted by Crippen LogP contribution is -2.43. The molecule has 0 spiro atoms. The molecule has 0 saturated carbocycles. The summed E-state index contributed by atoms with van der Waals surface area (Å²) in [5, 5.41) is 8.95. The molecular formula is C14H26N2S. The van der Waals surface area contributed by atoms with Gasteiger partial charge in [-0.25, -0.2) is 0 Å². The Hall–Kier alpha value is -0.200. The first-order valence-electron chi connectivity index (χ1n) is 6.62. The molecule has 0 amide bonds. The molecule has 0 aliphatic carbocycles. The van der Waals surface area contributed by atoms with Gasteiger partial charge in [0.15, 0.2) is 0 Å². The zero-order chi connectivity index (χ0) is 12.9. The number of unbranched alkanes of at least 4 members (excludes halogenated alkanes) is 1. The molecule has 1 rings (SSSR count). The predicted molar refractivity (Wildman–Crippen MR) is 76.2 cm³/mol. The summed E-state index contributed by atoms with van der Waals surface area (Å²) < 4.78 is 0.421. The topological polar surface area (TPSA) is 27.0 Å². The number of nitriles is 1. The van der Waals surface area contributed by atoms with Crippen LogP contribution in [0.3, 0.4) is 0 Å². The van der Waals surface area contributed by atoms with Gasteiger partial charge in [0.2, 0.25) is 0 Å². The van der Waals surface area contributed by atoms with E-state index >= 15 is 0 Å². The molecule has 3 heteroatoms. The summed E-state index contributed by atoms with van der Waals surface area (Å²) in [6.45, 7) is 12.4. The maximum atomic E-state index is 8.95. The van der Waals surface area contributed by atoms with Crippen molar-refractivity contribution in [2.24, 2.45) is 5.41 Å². The smallest absolute Gasteiger partial charge is 0.0683 e. The van der Waals surface area contributed by atoms with Crippen LogP contribution >= 0.6 is 11.8 Å². The van der Waals surface area contributed by atoms with E-state index in [2.05, 4.69) is 36.6 Å². The van der Waals surface area contributed by atoms with Crippen molar-refractivity contribution in [1.29, 1.82) is 5.26 Å². The minimum Gasteiger partial charge on any atom is -0.301 e. The van der Waals surface area contributed by atoms with Crippen molar-refractivity contribution < 1.29 is 0 Å². The second kappa shape index (κ2) is 6.11. The van der Waals surface area contributed by atoms with Gasteiger partial charge in [-0.05, 0) is 47.1 Å². The standard InChI is InChI=1S/C14H26N2S/c1-13(2,11-15)7-5-6-8-16-9-10-17-14(3,4)12-16/h5-10,12H2,1-4H3. The summed E-state index contributed by atoms with van der Waals surface area (Å²) in [5.74, 6) is 1.26. The van der Waals surface area contributed by atoms with Gasteiger partial charge in [-0.15, -0.1) is 0 Å². The summed E-state index contributed by atoms with van der Waals surface area (Å²) in [6, 6.07) is 2.38. The molecule has 2 nitrogen and oxygen atoms in total. The Balaban J connectivity index is 2.17. The van der Waals surface area contributed by atoms with Crippen LogP contribution in [-0.4, -0.2) is 35.0 Å². The van der Waals surface area contributed by atoms with Crippen LogP contribution in [0.15, 0.2) is 0 Å². The van der Waals surface area contributed by atoms with Gasteiger partial charge in [-0.3, -0.25) is 0 Å². The second-order valence-electron chi connectivity index (χ2n) is 6.34. The summed E-state index contributed by atoms with van der Waals surface area (Å²) in [4.78, 5) is 2.58. The van der Waals surface area contributed by atoms with Crippen molar-refractivity contribution in [3.63, 3.8) is 0 Å². The van der Waals surface area contributed by atoms with Gasteiger partial charge in [0.1, 0.15) is 0 Å². The average Bonchev–Trinajstić information content (AvgIpc) is 2.23. The highest BCUT2D eigenvalue weighted by atomic mass is 32.2. The van der Waals surface area contributed by atoms with Crippen LogP contribution in [-0.2, 0) is 0 Å². The Morgan fingerprint density at radius 1 is 1.35 bits per heavy atom. The van der Waals surface area contributed by atoms with E-state index in [4.69, 9.17) is 5.26 Å². The molecule has 0 N–H and O–H groups in total. The second-order valence-corrected chi connectivity index (χ2v) is 8.14. The molecule has 0 radical (unpaired) electrons. The number of hydrogen-bond acceptors (Lipinski definition) is 3. The Morgan fingerprint density at radius 3 is 2.65 bits per heavy atom. The minimum absolute atomic E-state index is 0.142. The summed E-state index contributed by atoms with van der Waals surface area (Å²) in [5.41, 5.74) is -0.142. The van der Waals surface area contributed by atoms with Crippen molar-refractivity contribution in [2.45, 2.75) is 51.7 Å². The van der Waals surface area contributed by atoms with E-state index in [9.17, 15) is 0 Å². The summed E-state index contributed by atoms with van der Waals surface area (Å²) >= 11 is 2.09.